The van der Waals surface area contributed by atoms with Crippen LogP contribution in [0.5, 0.6) is 0 Å². The molecule has 2 nitrogen and oxygen atoms in total. The first-order chi connectivity index (χ1) is 7.22. The lowest BCUT2D eigenvalue weighted by molar-refractivity contribution is -0.00352. The van der Waals surface area contributed by atoms with Crippen LogP contribution in [0.4, 0.5) is 0 Å². The third-order valence-corrected chi connectivity index (χ3v) is 3.31. The summed E-state index contributed by atoms with van der Waals surface area (Å²) < 4.78 is 5.98. The van der Waals surface area contributed by atoms with Crippen LogP contribution in [0.1, 0.15) is 65.2 Å². The predicted octanol–water partition coefficient (Wildman–Crippen LogP) is 3.24. The summed E-state index contributed by atoms with van der Waals surface area (Å²) in [6.07, 6.45) is 10.8. The Morgan fingerprint density at radius 1 is 1.27 bits per heavy atom. The van der Waals surface area contributed by atoms with Crippen LogP contribution in [0.25, 0.3) is 0 Å². The quantitative estimate of drug-likeness (QED) is 0.659. The fourth-order valence-electron chi connectivity index (χ4n) is 2.35. The van der Waals surface area contributed by atoms with Gasteiger partial charge in [-0.2, -0.15) is 0 Å². The molecular weight excluding hydrogens is 186 g/mol. The third kappa shape index (κ3) is 5.53. The molecule has 1 fully saturated rings. The van der Waals surface area contributed by atoms with Crippen LogP contribution in [0.15, 0.2) is 0 Å². The molecule has 2 heteroatoms. The van der Waals surface area contributed by atoms with Crippen LogP contribution in [0.3, 0.4) is 0 Å². The number of nitrogens with two attached hydrogens (primary N) is 1. The van der Waals surface area contributed by atoms with Gasteiger partial charge >= 0.3 is 0 Å². The second-order valence-corrected chi connectivity index (χ2v) is 4.99. The highest BCUT2D eigenvalue weighted by Gasteiger charge is 2.23. The van der Waals surface area contributed by atoms with Gasteiger partial charge < -0.3 is 10.5 Å². The van der Waals surface area contributed by atoms with Crippen molar-refractivity contribution in [3.63, 3.8) is 0 Å². The summed E-state index contributed by atoms with van der Waals surface area (Å²) in [6.45, 7) is 4.45. The maximum Gasteiger partial charge on any atom is 0.0594 e. The maximum absolute atomic E-state index is 5.98. The van der Waals surface area contributed by atoms with E-state index in [1.54, 1.807) is 0 Å². The Labute approximate surface area is 94.6 Å². The molecule has 0 heterocycles. The third-order valence-electron chi connectivity index (χ3n) is 3.31. The molecule has 0 bridgehead atoms. The molecule has 3 atom stereocenters. The van der Waals surface area contributed by atoms with Gasteiger partial charge in [0, 0.05) is 6.04 Å². The average molecular weight is 213 g/mol. The minimum atomic E-state index is 0.391. The molecule has 0 amide bonds. The van der Waals surface area contributed by atoms with E-state index in [2.05, 4.69) is 13.8 Å². The van der Waals surface area contributed by atoms with Gasteiger partial charge in [0.2, 0.25) is 0 Å². The van der Waals surface area contributed by atoms with Gasteiger partial charge in [0.15, 0.2) is 0 Å². The van der Waals surface area contributed by atoms with Crippen molar-refractivity contribution >= 4 is 0 Å². The number of ether oxygens (including phenoxy) is 1. The Morgan fingerprint density at radius 2 is 2.07 bits per heavy atom. The number of hydrogen-bond donors (Lipinski definition) is 1. The monoisotopic (exact) mass is 213 g/mol. The molecular formula is C13H27NO. The molecule has 1 rings (SSSR count). The predicted molar refractivity (Wildman–Crippen MR) is 64.9 cm³/mol. The second kappa shape index (κ2) is 7.24. The average Bonchev–Trinajstić information content (AvgIpc) is 2.59. The van der Waals surface area contributed by atoms with Crippen LogP contribution >= 0.6 is 0 Å². The van der Waals surface area contributed by atoms with Gasteiger partial charge in [0.05, 0.1) is 12.2 Å². The van der Waals surface area contributed by atoms with E-state index < -0.39 is 0 Å². The molecule has 0 aromatic carbocycles. The second-order valence-electron chi connectivity index (χ2n) is 4.99. The molecule has 0 spiro atoms. The van der Waals surface area contributed by atoms with E-state index in [9.17, 15) is 0 Å². The highest BCUT2D eigenvalue weighted by Crippen LogP contribution is 2.22. The fourth-order valence-corrected chi connectivity index (χ4v) is 2.35. The zero-order valence-electron chi connectivity index (χ0n) is 10.4. The van der Waals surface area contributed by atoms with E-state index in [1.807, 2.05) is 0 Å². The lowest BCUT2D eigenvalue weighted by Crippen LogP contribution is -2.21. The highest BCUT2D eigenvalue weighted by atomic mass is 16.5. The first-order valence-corrected chi connectivity index (χ1v) is 6.63. The Hall–Kier alpha value is -0.0800. The Balaban J connectivity index is 2.00. The van der Waals surface area contributed by atoms with Crippen LogP contribution in [-0.2, 0) is 4.74 Å². The van der Waals surface area contributed by atoms with E-state index in [0.29, 0.717) is 18.2 Å². The van der Waals surface area contributed by atoms with Gasteiger partial charge in [0.1, 0.15) is 0 Å². The van der Waals surface area contributed by atoms with Crippen molar-refractivity contribution in [1.82, 2.24) is 0 Å². The van der Waals surface area contributed by atoms with Crippen molar-refractivity contribution in [2.45, 2.75) is 83.5 Å². The SMILES string of the molecule is CCCCCCC(C)OC1CCC(N)C1. The van der Waals surface area contributed by atoms with Crippen molar-refractivity contribution in [3.8, 4) is 0 Å². The van der Waals surface area contributed by atoms with Crippen molar-refractivity contribution in [2.75, 3.05) is 0 Å². The lowest BCUT2D eigenvalue weighted by atomic mass is 10.1. The Morgan fingerprint density at radius 3 is 2.67 bits per heavy atom. The normalized spacial score (nSPS) is 28.2. The minimum absolute atomic E-state index is 0.391. The van der Waals surface area contributed by atoms with Gasteiger partial charge in [-0.3, -0.25) is 0 Å². The lowest BCUT2D eigenvalue weighted by Gasteiger charge is -2.18. The zero-order chi connectivity index (χ0) is 11.1. The van der Waals surface area contributed by atoms with Crippen LogP contribution in [0.2, 0.25) is 0 Å². The molecule has 0 saturated heterocycles. The molecule has 0 aromatic rings. The Bertz CT molecular complexity index is 161. The van der Waals surface area contributed by atoms with Crippen LogP contribution in [-0.4, -0.2) is 18.2 Å². The van der Waals surface area contributed by atoms with Crippen LogP contribution in [0, 0.1) is 0 Å². The summed E-state index contributed by atoms with van der Waals surface area (Å²) in [5.41, 5.74) is 5.86. The summed E-state index contributed by atoms with van der Waals surface area (Å²) >= 11 is 0. The molecule has 0 aliphatic heterocycles. The standard InChI is InChI=1S/C13H27NO/c1-3-4-5-6-7-11(2)15-13-9-8-12(14)10-13/h11-13H,3-10,14H2,1-2H3. The van der Waals surface area contributed by atoms with Gasteiger partial charge in [-0.05, 0) is 32.6 Å². The molecule has 15 heavy (non-hydrogen) atoms. The number of unbranched alkanes of at least 4 members (excludes halogenated alkanes) is 3. The molecule has 1 aliphatic rings. The summed E-state index contributed by atoms with van der Waals surface area (Å²) in [7, 11) is 0. The maximum atomic E-state index is 5.98. The van der Waals surface area contributed by atoms with Gasteiger partial charge in [0.25, 0.3) is 0 Å². The molecule has 1 aliphatic carbocycles. The van der Waals surface area contributed by atoms with Crippen molar-refractivity contribution in [2.24, 2.45) is 5.73 Å². The highest BCUT2D eigenvalue weighted by molar-refractivity contribution is 4.78. The summed E-state index contributed by atoms with van der Waals surface area (Å²) in [4.78, 5) is 0. The van der Waals surface area contributed by atoms with Gasteiger partial charge in [-0.15, -0.1) is 0 Å². The number of rotatable bonds is 7. The van der Waals surface area contributed by atoms with E-state index in [4.69, 9.17) is 10.5 Å². The smallest absolute Gasteiger partial charge is 0.0594 e. The van der Waals surface area contributed by atoms with Crippen molar-refractivity contribution in [1.29, 1.82) is 0 Å². The fraction of sp³-hybridized carbons (Fsp3) is 1.00. The van der Waals surface area contributed by atoms with E-state index in [1.165, 1.54) is 38.5 Å². The van der Waals surface area contributed by atoms with E-state index in [-0.39, 0.29) is 0 Å². The topological polar surface area (TPSA) is 35.2 Å². The first kappa shape index (κ1) is 13.0. The van der Waals surface area contributed by atoms with Gasteiger partial charge in [-0.1, -0.05) is 32.6 Å². The van der Waals surface area contributed by atoms with Crippen LogP contribution < -0.4 is 5.73 Å². The summed E-state index contributed by atoms with van der Waals surface area (Å²) in [5.74, 6) is 0. The van der Waals surface area contributed by atoms with E-state index in [0.717, 1.165) is 12.8 Å². The molecule has 90 valence electrons. The Kier molecular flexibility index (Phi) is 6.26. The summed E-state index contributed by atoms with van der Waals surface area (Å²) in [5, 5.41) is 0. The number of hydrogen-bond acceptors (Lipinski definition) is 2. The molecule has 1 saturated carbocycles. The minimum Gasteiger partial charge on any atom is -0.375 e. The van der Waals surface area contributed by atoms with E-state index >= 15 is 0 Å². The molecule has 0 aromatic heterocycles. The van der Waals surface area contributed by atoms with Crippen molar-refractivity contribution < 1.29 is 4.74 Å². The largest absolute Gasteiger partial charge is 0.375 e. The first-order valence-electron chi connectivity index (χ1n) is 6.63. The molecule has 3 unspecified atom stereocenters. The van der Waals surface area contributed by atoms with Crippen molar-refractivity contribution in [3.05, 3.63) is 0 Å². The molecule has 2 N–H and O–H groups in total. The van der Waals surface area contributed by atoms with Gasteiger partial charge in [-0.25, -0.2) is 0 Å². The molecule has 0 radical (unpaired) electrons. The zero-order valence-corrected chi connectivity index (χ0v) is 10.4. The summed E-state index contributed by atoms with van der Waals surface area (Å²) in [6, 6.07) is 0.391.